The van der Waals surface area contributed by atoms with Crippen LogP contribution in [0.3, 0.4) is 0 Å². The van der Waals surface area contributed by atoms with E-state index in [4.69, 9.17) is 11.6 Å². The number of amides is 1. The Morgan fingerprint density at radius 3 is 2.42 bits per heavy atom. The lowest BCUT2D eigenvalue weighted by atomic mass is 10.1. The molecule has 2 N–H and O–H groups in total. The molecule has 0 atom stereocenters. The van der Waals surface area contributed by atoms with Gasteiger partial charge in [0.1, 0.15) is 11.5 Å². The maximum Gasteiger partial charge on any atom is 0.269 e. The van der Waals surface area contributed by atoms with E-state index in [1.807, 2.05) is 12.1 Å². The Morgan fingerprint density at radius 2 is 1.73 bits per heavy atom. The second-order valence-electron chi connectivity index (χ2n) is 5.66. The SMILES string of the molecule is O=C(NCCc1ccccc1F)c1ccc(Nc2ccc(Cl)cc2)cn1. The summed E-state index contributed by atoms with van der Waals surface area (Å²) in [5.74, 6) is -0.558. The smallest absolute Gasteiger partial charge is 0.269 e. The lowest BCUT2D eigenvalue weighted by molar-refractivity contribution is 0.0949. The van der Waals surface area contributed by atoms with E-state index in [0.717, 1.165) is 11.4 Å². The van der Waals surface area contributed by atoms with Gasteiger partial charge in [-0.25, -0.2) is 9.37 Å². The summed E-state index contributed by atoms with van der Waals surface area (Å²) in [6.07, 6.45) is 2.01. The monoisotopic (exact) mass is 369 g/mol. The van der Waals surface area contributed by atoms with Gasteiger partial charge in [-0.2, -0.15) is 0 Å². The van der Waals surface area contributed by atoms with Crippen LogP contribution in [0.5, 0.6) is 0 Å². The summed E-state index contributed by atoms with van der Waals surface area (Å²) in [5, 5.41) is 6.58. The van der Waals surface area contributed by atoms with E-state index in [0.29, 0.717) is 29.2 Å². The first-order valence-corrected chi connectivity index (χ1v) is 8.50. The second-order valence-corrected chi connectivity index (χ2v) is 6.10. The van der Waals surface area contributed by atoms with Crippen LogP contribution in [0.25, 0.3) is 0 Å². The first-order chi connectivity index (χ1) is 12.6. The van der Waals surface area contributed by atoms with E-state index in [1.54, 1.807) is 48.7 Å². The van der Waals surface area contributed by atoms with Crippen LogP contribution in [0.1, 0.15) is 16.1 Å². The molecule has 2 aromatic carbocycles. The summed E-state index contributed by atoms with van der Waals surface area (Å²) >= 11 is 5.85. The summed E-state index contributed by atoms with van der Waals surface area (Å²) in [4.78, 5) is 16.3. The summed E-state index contributed by atoms with van der Waals surface area (Å²) in [5.41, 5.74) is 2.51. The number of halogens is 2. The predicted octanol–water partition coefficient (Wildman–Crippen LogP) is 4.59. The van der Waals surface area contributed by atoms with Crippen LogP contribution >= 0.6 is 11.6 Å². The van der Waals surface area contributed by atoms with Gasteiger partial charge in [0.2, 0.25) is 0 Å². The van der Waals surface area contributed by atoms with Gasteiger partial charge >= 0.3 is 0 Å². The molecule has 0 unspecified atom stereocenters. The van der Waals surface area contributed by atoms with Crippen molar-refractivity contribution in [3.05, 3.63) is 89.0 Å². The molecule has 0 fully saturated rings. The Kier molecular flexibility index (Phi) is 5.81. The topological polar surface area (TPSA) is 54.0 Å². The first-order valence-electron chi connectivity index (χ1n) is 8.12. The highest BCUT2D eigenvalue weighted by atomic mass is 35.5. The second kappa shape index (κ2) is 8.45. The van der Waals surface area contributed by atoms with E-state index < -0.39 is 0 Å². The molecule has 6 heteroatoms. The van der Waals surface area contributed by atoms with Gasteiger partial charge in [0.05, 0.1) is 11.9 Å². The van der Waals surface area contributed by atoms with Gasteiger partial charge in [-0.05, 0) is 54.4 Å². The van der Waals surface area contributed by atoms with Crippen molar-refractivity contribution < 1.29 is 9.18 Å². The average molecular weight is 370 g/mol. The van der Waals surface area contributed by atoms with E-state index >= 15 is 0 Å². The predicted molar refractivity (Wildman–Crippen MR) is 101 cm³/mol. The Hall–Kier alpha value is -2.92. The molecule has 26 heavy (non-hydrogen) atoms. The molecule has 0 aliphatic heterocycles. The molecule has 0 radical (unpaired) electrons. The molecule has 4 nitrogen and oxygen atoms in total. The number of pyridine rings is 1. The number of rotatable bonds is 6. The lowest BCUT2D eigenvalue weighted by Gasteiger charge is -2.08. The molecule has 0 aliphatic carbocycles. The van der Waals surface area contributed by atoms with E-state index in [9.17, 15) is 9.18 Å². The lowest BCUT2D eigenvalue weighted by Crippen LogP contribution is -2.26. The molecule has 1 amide bonds. The zero-order valence-corrected chi connectivity index (χ0v) is 14.6. The van der Waals surface area contributed by atoms with Crippen molar-refractivity contribution >= 4 is 28.9 Å². The van der Waals surface area contributed by atoms with Crippen molar-refractivity contribution in [2.24, 2.45) is 0 Å². The molecule has 1 heterocycles. The third-order valence-electron chi connectivity index (χ3n) is 3.77. The molecule has 0 spiro atoms. The highest BCUT2D eigenvalue weighted by molar-refractivity contribution is 6.30. The molecular weight excluding hydrogens is 353 g/mol. The van der Waals surface area contributed by atoms with Gasteiger partial charge in [0, 0.05) is 17.3 Å². The first kappa shape index (κ1) is 17.9. The highest BCUT2D eigenvalue weighted by Crippen LogP contribution is 2.18. The van der Waals surface area contributed by atoms with Crippen molar-refractivity contribution in [1.82, 2.24) is 10.3 Å². The fourth-order valence-electron chi connectivity index (χ4n) is 2.40. The quantitative estimate of drug-likeness (QED) is 0.668. The summed E-state index contributed by atoms with van der Waals surface area (Å²) in [7, 11) is 0. The van der Waals surface area contributed by atoms with Gasteiger partial charge in [0.25, 0.3) is 5.91 Å². The fraction of sp³-hybridized carbons (Fsp3) is 0.100. The number of nitrogens with zero attached hydrogens (tertiary/aromatic N) is 1. The largest absolute Gasteiger partial charge is 0.354 e. The van der Waals surface area contributed by atoms with Crippen LogP contribution in [0.2, 0.25) is 5.02 Å². The van der Waals surface area contributed by atoms with Gasteiger partial charge in [-0.3, -0.25) is 4.79 Å². The molecule has 132 valence electrons. The molecule has 0 aliphatic rings. The minimum Gasteiger partial charge on any atom is -0.354 e. The standard InChI is InChI=1S/C20H17ClFN3O/c21-15-5-7-16(8-6-15)25-17-9-10-19(24-13-17)20(26)23-12-11-14-3-1-2-4-18(14)22/h1-10,13,25H,11-12H2,(H,23,26). The molecule has 3 aromatic rings. The van der Waals surface area contributed by atoms with E-state index in [2.05, 4.69) is 15.6 Å². The van der Waals surface area contributed by atoms with Crippen molar-refractivity contribution in [2.75, 3.05) is 11.9 Å². The molecule has 1 aromatic heterocycles. The summed E-state index contributed by atoms with van der Waals surface area (Å²) in [6, 6.07) is 17.2. The number of hydrogen-bond acceptors (Lipinski definition) is 3. The third-order valence-corrected chi connectivity index (χ3v) is 4.02. The maximum absolute atomic E-state index is 13.5. The van der Waals surface area contributed by atoms with Crippen molar-refractivity contribution in [3.8, 4) is 0 Å². The number of aromatic nitrogens is 1. The van der Waals surface area contributed by atoms with Gasteiger partial charge < -0.3 is 10.6 Å². The molecule has 0 bridgehead atoms. The average Bonchev–Trinajstić information content (AvgIpc) is 2.66. The number of benzene rings is 2. The highest BCUT2D eigenvalue weighted by Gasteiger charge is 2.08. The van der Waals surface area contributed by atoms with Gasteiger partial charge in [0.15, 0.2) is 0 Å². The van der Waals surface area contributed by atoms with Crippen LogP contribution in [-0.4, -0.2) is 17.4 Å². The van der Waals surface area contributed by atoms with Gasteiger partial charge in [-0.15, -0.1) is 0 Å². The summed E-state index contributed by atoms with van der Waals surface area (Å²) in [6.45, 7) is 0.340. The van der Waals surface area contributed by atoms with Crippen LogP contribution in [0.15, 0.2) is 66.9 Å². The summed E-state index contributed by atoms with van der Waals surface area (Å²) < 4.78 is 13.5. The Bertz CT molecular complexity index is 882. The van der Waals surface area contributed by atoms with Crippen LogP contribution < -0.4 is 10.6 Å². The maximum atomic E-state index is 13.5. The van der Waals surface area contributed by atoms with Crippen molar-refractivity contribution in [3.63, 3.8) is 0 Å². The van der Waals surface area contributed by atoms with Crippen LogP contribution in [0, 0.1) is 5.82 Å². The fourth-order valence-corrected chi connectivity index (χ4v) is 2.53. The Labute approximate surface area is 156 Å². The van der Waals surface area contributed by atoms with Crippen molar-refractivity contribution in [1.29, 1.82) is 0 Å². The zero-order valence-electron chi connectivity index (χ0n) is 13.9. The van der Waals surface area contributed by atoms with Crippen LogP contribution in [0.4, 0.5) is 15.8 Å². The number of carbonyl (C=O) groups is 1. The normalized spacial score (nSPS) is 10.4. The molecule has 3 rings (SSSR count). The molecular formula is C20H17ClFN3O. The third kappa shape index (κ3) is 4.80. The molecule has 0 saturated heterocycles. The number of hydrogen-bond donors (Lipinski definition) is 2. The minimum atomic E-state index is -0.292. The zero-order chi connectivity index (χ0) is 18.4. The number of nitrogens with one attached hydrogen (secondary N) is 2. The number of carbonyl (C=O) groups excluding carboxylic acids is 1. The minimum absolute atomic E-state index is 0.266. The Morgan fingerprint density at radius 1 is 1.00 bits per heavy atom. The van der Waals surface area contributed by atoms with Crippen molar-refractivity contribution in [2.45, 2.75) is 6.42 Å². The van der Waals surface area contributed by atoms with E-state index in [-0.39, 0.29) is 11.7 Å². The number of anilines is 2. The van der Waals surface area contributed by atoms with Crippen LogP contribution in [-0.2, 0) is 6.42 Å². The molecule has 0 saturated carbocycles. The van der Waals surface area contributed by atoms with Gasteiger partial charge in [-0.1, -0.05) is 29.8 Å². The Balaban J connectivity index is 1.53. The van der Waals surface area contributed by atoms with E-state index in [1.165, 1.54) is 6.07 Å².